The molecule has 5 rings (SSSR count). The van der Waals surface area contributed by atoms with Crippen LogP contribution in [0.4, 0.5) is 0 Å². The molecule has 2 heterocycles. The van der Waals surface area contributed by atoms with Gasteiger partial charge in [0.05, 0.1) is 30.0 Å². The van der Waals surface area contributed by atoms with E-state index in [2.05, 4.69) is 60.0 Å². The fraction of sp³-hybridized carbons (Fsp3) is 0.372. The zero-order chi connectivity index (χ0) is 41.2. The third-order valence-electron chi connectivity index (χ3n) is 9.37. The van der Waals surface area contributed by atoms with Gasteiger partial charge in [-0.15, -0.1) is 0 Å². The number of aryl methyl sites for hydroxylation is 6. The van der Waals surface area contributed by atoms with Crippen LogP contribution in [0.25, 0.3) is 0 Å². The van der Waals surface area contributed by atoms with Crippen LogP contribution in [0, 0.1) is 52.9 Å². The zero-order valence-electron chi connectivity index (χ0n) is 33.9. The Morgan fingerprint density at radius 2 is 1.13 bits per heavy atom. The third-order valence-corrected chi connectivity index (χ3v) is 10.8. The van der Waals surface area contributed by atoms with Gasteiger partial charge in [-0.3, -0.25) is 14.2 Å². The fourth-order valence-corrected chi connectivity index (χ4v) is 7.52. The summed E-state index contributed by atoms with van der Waals surface area (Å²) in [5.41, 5.74) is 10.3. The largest absolute Gasteiger partial charge is 0.477 e. The SMILES string of the molecule is Cc1cc(C)c(Cn2nc(C(C)(C)C)cc2C(=O)NS(=O)(=O)c2ccccc2C#N)c(C)c1.Cc1cc(C)c(Cn2nc(C(C)(C)C)cc2C(=O)O)c(C)c1.[HH].[HH]. The number of hydrogen-bond donors (Lipinski definition) is 2. The first kappa shape index (κ1) is 42.2. The summed E-state index contributed by atoms with van der Waals surface area (Å²) in [6, 6.07) is 19.3. The number of carboxylic acids is 1. The highest BCUT2D eigenvalue weighted by molar-refractivity contribution is 7.90. The molecule has 1 amide bonds. The van der Waals surface area contributed by atoms with E-state index in [9.17, 15) is 28.4 Å². The smallest absolute Gasteiger partial charge is 0.354 e. The predicted octanol–water partition coefficient (Wildman–Crippen LogP) is 8.49. The van der Waals surface area contributed by atoms with Gasteiger partial charge in [-0.1, -0.05) is 89.1 Å². The molecular weight excluding hydrogens is 713 g/mol. The van der Waals surface area contributed by atoms with E-state index in [1.807, 2.05) is 68.4 Å². The summed E-state index contributed by atoms with van der Waals surface area (Å²) in [5.74, 6) is -1.74. The minimum Gasteiger partial charge on any atom is -0.477 e. The van der Waals surface area contributed by atoms with E-state index in [0.717, 1.165) is 33.5 Å². The van der Waals surface area contributed by atoms with Crippen molar-refractivity contribution < 1.29 is 26.0 Å². The Morgan fingerprint density at radius 3 is 1.53 bits per heavy atom. The minimum absolute atomic E-state index is 0. The molecule has 0 radical (unpaired) electrons. The van der Waals surface area contributed by atoms with Crippen LogP contribution >= 0.6 is 0 Å². The van der Waals surface area contributed by atoms with Crippen molar-refractivity contribution >= 4 is 21.9 Å². The molecule has 2 N–H and O–H groups in total. The van der Waals surface area contributed by atoms with Gasteiger partial charge in [-0.2, -0.15) is 15.5 Å². The number of carbonyl (C=O) groups excluding carboxylic acids is 1. The van der Waals surface area contributed by atoms with E-state index in [1.54, 1.807) is 27.6 Å². The molecule has 0 unspecified atom stereocenters. The van der Waals surface area contributed by atoms with Gasteiger partial charge in [0.2, 0.25) is 0 Å². The van der Waals surface area contributed by atoms with Gasteiger partial charge in [0.1, 0.15) is 22.4 Å². The lowest BCUT2D eigenvalue weighted by Crippen LogP contribution is -2.33. The molecule has 0 fully saturated rings. The molecule has 0 atom stereocenters. The first-order valence-electron chi connectivity index (χ1n) is 18.0. The number of aromatic carboxylic acids is 1. The third kappa shape index (κ3) is 9.96. The molecular formula is C43H56N6O5S. The Balaban J connectivity index is 0.000000409. The quantitative estimate of drug-likeness (QED) is 0.159. The molecule has 12 heteroatoms. The van der Waals surface area contributed by atoms with Crippen LogP contribution in [0.3, 0.4) is 0 Å². The van der Waals surface area contributed by atoms with Crippen molar-refractivity contribution in [2.45, 2.75) is 112 Å². The number of nitrogens with one attached hydrogen (secondary N) is 1. The monoisotopic (exact) mass is 768 g/mol. The van der Waals surface area contributed by atoms with Crippen molar-refractivity contribution in [1.82, 2.24) is 24.3 Å². The number of carboxylic acid groups (broad SMARTS) is 1. The van der Waals surface area contributed by atoms with Crippen LogP contribution in [-0.4, -0.2) is 45.0 Å². The van der Waals surface area contributed by atoms with E-state index in [4.69, 9.17) is 0 Å². The number of aromatic nitrogens is 4. The maximum Gasteiger partial charge on any atom is 0.354 e. The summed E-state index contributed by atoms with van der Waals surface area (Å²) in [6.45, 7) is 25.1. The highest BCUT2D eigenvalue weighted by Crippen LogP contribution is 2.26. The Labute approximate surface area is 328 Å². The fourth-order valence-electron chi connectivity index (χ4n) is 6.40. The number of nitrogens with zero attached hydrogens (tertiary/aromatic N) is 5. The summed E-state index contributed by atoms with van der Waals surface area (Å²) >= 11 is 0. The molecule has 3 aromatic carbocycles. The number of benzene rings is 3. The Morgan fingerprint density at radius 1 is 0.727 bits per heavy atom. The predicted molar refractivity (Wildman–Crippen MR) is 218 cm³/mol. The molecule has 294 valence electrons. The summed E-state index contributed by atoms with van der Waals surface area (Å²) < 4.78 is 31.1. The van der Waals surface area contributed by atoms with E-state index < -0.39 is 21.9 Å². The molecule has 0 aliphatic carbocycles. The number of amides is 1. The summed E-state index contributed by atoms with van der Waals surface area (Å²) in [5, 5.41) is 27.9. The first-order valence-corrected chi connectivity index (χ1v) is 19.5. The number of hydrogen-bond acceptors (Lipinski definition) is 7. The molecule has 0 aliphatic rings. The lowest BCUT2D eigenvalue weighted by atomic mass is 9.92. The number of sulfonamides is 1. The normalized spacial score (nSPS) is 11.8. The topological polar surface area (TPSA) is 160 Å². The summed E-state index contributed by atoms with van der Waals surface area (Å²) in [6.07, 6.45) is 0. The average molecular weight is 769 g/mol. The van der Waals surface area contributed by atoms with E-state index in [0.29, 0.717) is 18.8 Å². The van der Waals surface area contributed by atoms with Crippen LogP contribution < -0.4 is 4.72 Å². The Hall–Kier alpha value is -5.54. The molecule has 11 nitrogen and oxygen atoms in total. The molecule has 55 heavy (non-hydrogen) atoms. The van der Waals surface area contributed by atoms with Crippen molar-refractivity contribution in [3.05, 3.63) is 134 Å². The molecule has 5 aromatic rings. The molecule has 2 aromatic heterocycles. The standard InChI is InChI=1S/C25H28N4O3S.C18H24N2O2.2H2/c1-16-11-17(2)20(18(3)12-16)15-29-21(13-23(27-29)25(4,5)6)24(30)28-33(31,32)22-10-8-7-9-19(22)14-26;1-11-7-12(2)14(13(3)8-11)10-20-15(17(21)22)9-16(19-20)18(4,5)6;;/h7-13H,15H2,1-6H3,(H,28,30);7-9H,10H2,1-6H3,(H,21,22);2*1H. The maximum absolute atomic E-state index is 13.2. The lowest BCUT2D eigenvalue weighted by Gasteiger charge is -2.15. The van der Waals surface area contributed by atoms with Gasteiger partial charge in [-0.05, 0) is 99.2 Å². The van der Waals surface area contributed by atoms with Crippen molar-refractivity contribution in [3.63, 3.8) is 0 Å². The maximum atomic E-state index is 13.2. The van der Waals surface area contributed by atoms with Crippen molar-refractivity contribution in [2.75, 3.05) is 0 Å². The zero-order valence-corrected chi connectivity index (χ0v) is 34.7. The molecule has 0 saturated carbocycles. The second kappa shape index (κ2) is 16.1. The second-order valence-electron chi connectivity index (χ2n) is 16.2. The van der Waals surface area contributed by atoms with Crippen molar-refractivity contribution in [1.29, 1.82) is 5.26 Å². The van der Waals surface area contributed by atoms with Crippen LogP contribution in [-0.2, 0) is 33.9 Å². The van der Waals surface area contributed by atoms with E-state index in [-0.39, 0.29) is 35.5 Å². The first-order chi connectivity index (χ1) is 25.4. The van der Waals surface area contributed by atoms with Crippen molar-refractivity contribution in [3.8, 4) is 6.07 Å². The van der Waals surface area contributed by atoms with Crippen LogP contribution in [0.15, 0.2) is 65.6 Å². The second-order valence-corrected chi connectivity index (χ2v) is 17.9. The number of rotatable bonds is 8. The molecule has 0 bridgehead atoms. The van der Waals surface area contributed by atoms with E-state index in [1.165, 1.54) is 34.9 Å². The van der Waals surface area contributed by atoms with Gasteiger partial charge >= 0.3 is 5.97 Å². The van der Waals surface area contributed by atoms with Crippen LogP contribution in [0.2, 0.25) is 0 Å². The molecule has 0 saturated heterocycles. The van der Waals surface area contributed by atoms with Crippen LogP contribution in [0.5, 0.6) is 0 Å². The van der Waals surface area contributed by atoms with E-state index >= 15 is 0 Å². The molecule has 0 spiro atoms. The minimum atomic E-state index is -4.25. The lowest BCUT2D eigenvalue weighted by molar-refractivity contribution is 0.0683. The highest BCUT2D eigenvalue weighted by Gasteiger charge is 2.28. The number of nitriles is 1. The van der Waals surface area contributed by atoms with Crippen LogP contribution in [0.1, 0.15) is 127 Å². The Kier molecular flexibility index (Phi) is 12.3. The van der Waals surface area contributed by atoms with Gasteiger partial charge in [-0.25, -0.2) is 17.9 Å². The number of carbonyl (C=O) groups is 2. The van der Waals surface area contributed by atoms with Gasteiger partial charge < -0.3 is 5.11 Å². The summed E-state index contributed by atoms with van der Waals surface area (Å²) in [7, 11) is -4.25. The highest BCUT2D eigenvalue weighted by atomic mass is 32.2. The Bertz CT molecular complexity index is 2380. The van der Waals surface area contributed by atoms with Gasteiger partial charge in [0.25, 0.3) is 15.9 Å². The van der Waals surface area contributed by atoms with Crippen molar-refractivity contribution in [2.24, 2.45) is 0 Å². The van der Waals surface area contributed by atoms with Gasteiger partial charge in [0, 0.05) is 13.7 Å². The average Bonchev–Trinajstić information content (AvgIpc) is 3.70. The molecule has 0 aliphatic heterocycles. The van der Waals surface area contributed by atoms with Gasteiger partial charge in [0.15, 0.2) is 0 Å². The summed E-state index contributed by atoms with van der Waals surface area (Å²) in [4.78, 5) is 24.4.